The molecular formula is C24H31NO3. The highest BCUT2D eigenvalue weighted by Gasteiger charge is 2.35. The second-order valence-corrected chi connectivity index (χ2v) is 7.81. The van der Waals surface area contributed by atoms with Crippen LogP contribution in [-0.2, 0) is 14.9 Å². The lowest BCUT2D eigenvalue weighted by Crippen LogP contribution is -2.48. The Kier molecular flexibility index (Phi) is 6.74. The highest BCUT2D eigenvalue weighted by atomic mass is 16.5. The molecule has 1 aliphatic heterocycles. The van der Waals surface area contributed by atoms with Gasteiger partial charge < -0.3 is 14.8 Å². The van der Waals surface area contributed by atoms with Gasteiger partial charge in [-0.25, -0.2) is 0 Å². The largest absolute Gasteiger partial charge is 0.481 e. The normalized spacial score (nSPS) is 17.0. The van der Waals surface area contributed by atoms with Gasteiger partial charge in [0.15, 0.2) is 6.10 Å². The van der Waals surface area contributed by atoms with Crippen molar-refractivity contribution in [3.05, 3.63) is 65.2 Å². The molecule has 150 valence electrons. The molecule has 1 aliphatic rings. The quantitative estimate of drug-likeness (QED) is 0.777. The second kappa shape index (κ2) is 9.24. The molecule has 0 unspecified atom stereocenters. The summed E-state index contributed by atoms with van der Waals surface area (Å²) in [5.74, 6) is 0.701. The molecule has 4 heteroatoms. The summed E-state index contributed by atoms with van der Waals surface area (Å²) in [7, 11) is 0. The number of rotatable bonds is 7. The number of carbonyl (C=O) groups excluding carboxylic acids is 1. The molecule has 1 N–H and O–H groups in total. The fourth-order valence-electron chi connectivity index (χ4n) is 3.98. The number of benzene rings is 2. The van der Waals surface area contributed by atoms with Crippen molar-refractivity contribution < 1.29 is 14.3 Å². The van der Waals surface area contributed by atoms with E-state index < -0.39 is 6.10 Å². The summed E-state index contributed by atoms with van der Waals surface area (Å²) < 4.78 is 11.6. The van der Waals surface area contributed by atoms with E-state index in [1.165, 1.54) is 5.56 Å². The average molecular weight is 382 g/mol. The number of carbonyl (C=O) groups is 1. The predicted octanol–water partition coefficient (Wildman–Crippen LogP) is 4.33. The zero-order chi connectivity index (χ0) is 20.0. The third kappa shape index (κ3) is 4.93. The van der Waals surface area contributed by atoms with Gasteiger partial charge in [-0.2, -0.15) is 0 Å². The van der Waals surface area contributed by atoms with Crippen molar-refractivity contribution in [2.45, 2.75) is 51.6 Å². The van der Waals surface area contributed by atoms with Crippen LogP contribution in [0.25, 0.3) is 0 Å². The molecule has 0 radical (unpaired) electrons. The fourth-order valence-corrected chi connectivity index (χ4v) is 3.98. The molecule has 1 heterocycles. The van der Waals surface area contributed by atoms with Gasteiger partial charge in [-0.3, -0.25) is 4.79 Å². The number of ether oxygens (including phenoxy) is 2. The van der Waals surface area contributed by atoms with Gasteiger partial charge in [-0.1, -0.05) is 43.3 Å². The highest BCUT2D eigenvalue weighted by Crippen LogP contribution is 2.34. The standard InChI is InChI=1S/C24H31NO3/c1-4-22(28-21-15-18(2)14-19(3)16-21)23(26)25-17-24(10-12-27-13-11-24)20-8-6-5-7-9-20/h5-9,14-16,22H,4,10-13,17H2,1-3H3,(H,25,26)/t22-/m0/s1. The first-order chi connectivity index (χ1) is 13.5. The molecule has 3 rings (SSSR count). The van der Waals surface area contributed by atoms with E-state index in [1.54, 1.807) is 0 Å². The molecule has 28 heavy (non-hydrogen) atoms. The van der Waals surface area contributed by atoms with E-state index in [1.807, 2.05) is 39.0 Å². The van der Waals surface area contributed by atoms with Gasteiger partial charge in [0.05, 0.1) is 0 Å². The Morgan fingerprint density at radius 2 is 1.75 bits per heavy atom. The Bertz CT molecular complexity index is 761. The summed E-state index contributed by atoms with van der Waals surface area (Å²) >= 11 is 0. The van der Waals surface area contributed by atoms with Crippen LogP contribution in [0.1, 0.15) is 42.9 Å². The minimum atomic E-state index is -0.492. The zero-order valence-corrected chi connectivity index (χ0v) is 17.2. The lowest BCUT2D eigenvalue weighted by molar-refractivity contribution is -0.128. The molecule has 0 aromatic heterocycles. The molecule has 0 aliphatic carbocycles. The predicted molar refractivity (Wildman–Crippen MR) is 112 cm³/mol. The van der Waals surface area contributed by atoms with E-state index in [4.69, 9.17) is 9.47 Å². The maximum Gasteiger partial charge on any atom is 0.261 e. The van der Waals surface area contributed by atoms with Gasteiger partial charge in [0.25, 0.3) is 5.91 Å². The molecule has 0 bridgehead atoms. The molecule has 1 fully saturated rings. The topological polar surface area (TPSA) is 47.6 Å². The molecule has 1 atom stereocenters. The molecule has 4 nitrogen and oxygen atoms in total. The monoisotopic (exact) mass is 381 g/mol. The average Bonchev–Trinajstić information content (AvgIpc) is 2.71. The van der Waals surface area contributed by atoms with Gasteiger partial charge >= 0.3 is 0 Å². The number of hydrogen-bond acceptors (Lipinski definition) is 3. The molecule has 0 saturated carbocycles. The van der Waals surface area contributed by atoms with Crippen LogP contribution in [0.4, 0.5) is 0 Å². The number of aryl methyl sites for hydroxylation is 2. The lowest BCUT2D eigenvalue weighted by Gasteiger charge is -2.38. The van der Waals surface area contributed by atoms with Crippen molar-refractivity contribution >= 4 is 5.91 Å². The van der Waals surface area contributed by atoms with Gasteiger partial charge in [0.2, 0.25) is 0 Å². The number of hydrogen-bond donors (Lipinski definition) is 1. The van der Waals surface area contributed by atoms with Crippen LogP contribution < -0.4 is 10.1 Å². The van der Waals surface area contributed by atoms with Crippen molar-refractivity contribution in [3.8, 4) is 5.75 Å². The van der Waals surface area contributed by atoms with Crippen molar-refractivity contribution in [2.24, 2.45) is 0 Å². The van der Waals surface area contributed by atoms with E-state index in [0.717, 1.165) is 42.9 Å². The first kappa shape index (κ1) is 20.4. The first-order valence-electron chi connectivity index (χ1n) is 10.2. The minimum Gasteiger partial charge on any atom is -0.481 e. The fraction of sp³-hybridized carbons (Fsp3) is 0.458. The third-order valence-electron chi connectivity index (χ3n) is 5.57. The smallest absolute Gasteiger partial charge is 0.261 e. The summed E-state index contributed by atoms with van der Waals surface area (Å²) in [6.45, 7) is 8.10. The summed E-state index contributed by atoms with van der Waals surface area (Å²) in [4.78, 5) is 12.9. The van der Waals surface area contributed by atoms with E-state index in [0.29, 0.717) is 13.0 Å². The van der Waals surface area contributed by atoms with Crippen molar-refractivity contribution in [3.63, 3.8) is 0 Å². The molecule has 0 spiro atoms. The van der Waals surface area contributed by atoms with Crippen LogP contribution in [-0.4, -0.2) is 31.8 Å². The molecule has 1 amide bonds. The first-order valence-corrected chi connectivity index (χ1v) is 10.2. The zero-order valence-electron chi connectivity index (χ0n) is 17.2. The van der Waals surface area contributed by atoms with Gasteiger partial charge in [0.1, 0.15) is 5.75 Å². The number of amides is 1. The van der Waals surface area contributed by atoms with Crippen LogP contribution in [0.3, 0.4) is 0 Å². The minimum absolute atomic E-state index is 0.0524. The van der Waals surface area contributed by atoms with Crippen molar-refractivity contribution in [2.75, 3.05) is 19.8 Å². The maximum atomic E-state index is 12.9. The van der Waals surface area contributed by atoms with E-state index in [-0.39, 0.29) is 11.3 Å². The van der Waals surface area contributed by atoms with Crippen molar-refractivity contribution in [1.82, 2.24) is 5.32 Å². The molecule has 2 aromatic carbocycles. The summed E-state index contributed by atoms with van der Waals surface area (Å²) in [5.41, 5.74) is 3.46. The van der Waals surface area contributed by atoms with Gasteiger partial charge in [-0.15, -0.1) is 0 Å². The Morgan fingerprint density at radius 3 is 2.36 bits per heavy atom. The Labute approximate surface area is 168 Å². The van der Waals surface area contributed by atoms with Crippen LogP contribution >= 0.6 is 0 Å². The molecule has 1 saturated heterocycles. The van der Waals surface area contributed by atoms with Crippen LogP contribution in [0, 0.1) is 13.8 Å². The summed E-state index contributed by atoms with van der Waals surface area (Å²) in [5, 5.41) is 3.17. The van der Waals surface area contributed by atoms with E-state index in [9.17, 15) is 4.79 Å². The summed E-state index contributed by atoms with van der Waals surface area (Å²) in [6, 6.07) is 16.5. The highest BCUT2D eigenvalue weighted by molar-refractivity contribution is 5.81. The Hall–Kier alpha value is -2.33. The van der Waals surface area contributed by atoms with Crippen LogP contribution in [0.5, 0.6) is 5.75 Å². The van der Waals surface area contributed by atoms with Gasteiger partial charge in [-0.05, 0) is 61.9 Å². The molecule has 2 aromatic rings. The second-order valence-electron chi connectivity index (χ2n) is 7.81. The van der Waals surface area contributed by atoms with Gasteiger partial charge in [0, 0.05) is 25.2 Å². The molecular weight excluding hydrogens is 350 g/mol. The Balaban J connectivity index is 1.69. The van der Waals surface area contributed by atoms with Crippen LogP contribution in [0.2, 0.25) is 0 Å². The van der Waals surface area contributed by atoms with E-state index in [2.05, 4.69) is 35.6 Å². The third-order valence-corrected chi connectivity index (χ3v) is 5.57. The lowest BCUT2D eigenvalue weighted by atomic mass is 9.74. The SMILES string of the molecule is CC[C@H](Oc1cc(C)cc(C)c1)C(=O)NCC1(c2ccccc2)CCOCC1. The van der Waals surface area contributed by atoms with Crippen molar-refractivity contribution in [1.29, 1.82) is 0 Å². The van der Waals surface area contributed by atoms with E-state index >= 15 is 0 Å². The number of nitrogens with one attached hydrogen (secondary N) is 1. The Morgan fingerprint density at radius 1 is 1.11 bits per heavy atom. The summed E-state index contributed by atoms with van der Waals surface area (Å²) in [6.07, 6.45) is 1.95. The maximum absolute atomic E-state index is 12.9. The van der Waals surface area contributed by atoms with Crippen LogP contribution in [0.15, 0.2) is 48.5 Å².